The van der Waals surface area contributed by atoms with Crippen LogP contribution in [-0.2, 0) is 22.6 Å². The van der Waals surface area contributed by atoms with Gasteiger partial charge in [-0.25, -0.2) is 13.4 Å². The minimum atomic E-state index is -4.46. The third kappa shape index (κ3) is 4.53. The van der Waals surface area contributed by atoms with Crippen LogP contribution in [0, 0.1) is 0 Å². The van der Waals surface area contributed by atoms with E-state index < -0.39 is 21.8 Å². The summed E-state index contributed by atoms with van der Waals surface area (Å²) in [4.78, 5) is 10.7. The molecule has 2 aromatic carbocycles. The van der Waals surface area contributed by atoms with Gasteiger partial charge in [0, 0.05) is 37.9 Å². The van der Waals surface area contributed by atoms with E-state index in [1.165, 1.54) is 21.1 Å². The van der Waals surface area contributed by atoms with Gasteiger partial charge in [-0.3, -0.25) is 0 Å². The molecule has 0 unspecified atom stereocenters. The average molecular weight is 517 g/mol. The van der Waals surface area contributed by atoms with Gasteiger partial charge in [0.25, 0.3) is 5.78 Å². The maximum Gasteiger partial charge on any atom is 0.416 e. The van der Waals surface area contributed by atoms with Crippen molar-refractivity contribution >= 4 is 21.7 Å². The molecule has 1 aliphatic rings. The second-order valence-electron chi connectivity index (χ2n) is 8.42. The van der Waals surface area contributed by atoms with Gasteiger partial charge >= 0.3 is 6.18 Å². The van der Waals surface area contributed by atoms with E-state index in [1.54, 1.807) is 24.3 Å². The molecular formula is C24H23F3N6O2S. The molecule has 3 heterocycles. The van der Waals surface area contributed by atoms with Crippen molar-refractivity contribution in [1.82, 2.24) is 23.9 Å². The Morgan fingerprint density at radius 3 is 2.36 bits per heavy atom. The number of hydrogen-bond donors (Lipinski definition) is 0. The topological polar surface area (TPSA) is 83.7 Å². The first-order valence-corrected chi connectivity index (χ1v) is 12.8. The standard InChI is InChI=1S/C24H23F3N6O2S/c1-2-17-6-8-20(9-7-17)36(34,35)32-14-12-31(13-15-32)23-29-22-28-11-10-21(33(22)30-23)18-4-3-5-19(16-18)24(25,26)27/h3-11,16H,2,12-15H2,1H3. The first-order valence-electron chi connectivity index (χ1n) is 11.4. The molecular weight excluding hydrogens is 493 g/mol. The molecule has 0 amide bonds. The molecule has 2 aromatic heterocycles. The van der Waals surface area contributed by atoms with Gasteiger partial charge in [-0.2, -0.15) is 27.0 Å². The predicted molar refractivity (Wildman–Crippen MR) is 128 cm³/mol. The molecule has 5 rings (SSSR count). The van der Waals surface area contributed by atoms with Crippen molar-refractivity contribution in [3.63, 3.8) is 0 Å². The molecule has 0 aliphatic carbocycles. The van der Waals surface area contributed by atoms with Crippen molar-refractivity contribution in [1.29, 1.82) is 0 Å². The second-order valence-corrected chi connectivity index (χ2v) is 10.4. The van der Waals surface area contributed by atoms with Crippen LogP contribution in [0.5, 0.6) is 0 Å². The first-order chi connectivity index (χ1) is 17.2. The fourth-order valence-corrected chi connectivity index (χ4v) is 5.59. The largest absolute Gasteiger partial charge is 0.416 e. The third-order valence-electron chi connectivity index (χ3n) is 6.21. The second kappa shape index (κ2) is 9.17. The highest BCUT2D eigenvalue weighted by molar-refractivity contribution is 7.89. The summed E-state index contributed by atoms with van der Waals surface area (Å²) in [6, 6.07) is 13.5. The van der Waals surface area contributed by atoms with E-state index in [1.807, 2.05) is 24.0 Å². The predicted octanol–water partition coefficient (Wildman–Crippen LogP) is 3.88. The van der Waals surface area contributed by atoms with Crippen molar-refractivity contribution in [3.8, 4) is 11.3 Å². The molecule has 0 atom stereocenters. The molecule has 0 radical (unpaired) electrons. The Bertz CT molecular complexity index is 1490. The summed E-state index contributed by atoms with van der Waals surface area (Å²) < 4.78 is 68.6. The molecule has 0 saturated carbocycles. The van der Waals surface area contributed by atoms with Crippen LogP contribution in [0.2, 0.25) is 0 Å². The minimum absolute atomic E-state index is 0.242. The lowest BCUT2D eigenvalue weighted by Gasteiger charge is -2.33. The maximum atomic E-state index is 13.2. The minimum Gasteiger partial charge on any atom is -0.337 e. The Kier molecular flexibility index (Phi) is 6.17. The van der Waals surface area contributed by atoms with E-state index in [0.717, 1.165) is 24.1 Å². The Balaban J connectivity index is 1.37. The number of nitrogens with zero attached hydrogens (tertiary/aromatic N) is 6. The molecule has 1 saturated heterocycles. The van der Waals surface area contributed by atoms with Crippen molar-refractivity contribution < 1.29 is 21.6 Å². The van der Waals surface area contributed by atoms with Crippen LogP contribution in [0.25, 0.3) is 17.0 Å². The fourth-order valence-electron chi connectivity index (χ4n) is 4.17. The molecule has 1 fully saturated rings. The van der Waals surface area contributed by atoms with Gasteiger partial charge in [0.05, 0.1) is 16.2 Å². The van der Waals surface area contributed by atoms with Gasteiger partial charge < -0.3 is 4.90 Å². The molecule has 1 aliphatic heterocycles. The summed E-state index contributed by atoms with van der Waals surface area (Å²) in [6.07, 6.45) is -2.17. The SMILES string of the molecule is CCc1ccc(S(=O)(=O)N2CCN(c3nc4nccc(-c5cccc(C(F)(F)F)c5)n4n3)CC2)cc1. The number of halogens is 3. The summed E-state index contributed by atoms with van der Waals surface area (Å²) in [5.41, 5.74) is 1.06. The van der Waals surface area contributed by atoms with Crippen molar-refractivity contribution in [2.24, 2.45) is 0 Å². The number of fused-ring (bicyclic) bond motifs is 1. The summed E-state index contributed by atoms with van der Waals surface area (Å²) >= 11 is 0. The number of anilines is 1. The average Bonchev–Trinajstić information content (AvgIpc) is 3.33. The van der Waals surface area contributed by atoms with Gasteiger partial charge in [-0.15, -0.1) is 5.10 Å². The lowest BCUT2D eigenvalue weighted by atomic mass is 10.1. The van der Waals surface area contributed by atoms with Crippen LogP contribution in [0.4, 0.5) is 19.1 Å². The van der Waals surface area contributed by atoms with Gasteiger partial charge in [0.1, 0.15) is 0 Å². The van der Waals surface area contributed by atoms with Crippen LogP contribution in [-0.4, -0.2) is 58.5 Å². The van der Waals surface area contributed by atoms with E-state index in [4.69, 9.17) is 0 Å². The van der Waals surface area contributed by atoms with Crippen LogP contribution in [0.15, 0.2) is 65.7 Å². The molecule has 0 spiro atoms. The van der Waals surface area contributed by atoms with Crippen molar-refractivity contribution in [2.45, 2.75) is 24.4 Å². The van der Waals surface area contributed by atoms with Gasteiger partial charge in [0.2, 0.25) is 16.0 Å². The smallest absolute Gasteiger partial charge is 0.337 e. The van der Waals surface area contributed by atoms with E-state index in [9.17, 15) is 21.6 Å². The first kappa shape index (κ1) is 24.2. The zero-order valence-corrected chi connectivity index (χ0v) is 20.2. The Morgan fingerprint density at radius 2 is 1.69 bits per heavy atom. The lowest BCUT2D eigenvalue weighted by molar-refractivity contribution is -0.137. The summed E-state index contributed by atoms with van der Waals surface area (Å²) in [5, 5.41) is 4.49. The van der Waals surface area contributed by atoms with Gasteiger partial charge in [-0.05, 0) is 42.3 Å². The van der Waals surface area contributed by atoms with Crippen molar-refractivity contribution in [2.75, 3.05) is 31.1 Å². The third-order valence-corrected chi connectivity index (χ3v) is 8.12. The number of benzene rings is 2. The summed E-state index contributed by atoms with van der Waals surface area (Å²) in [7, 11) is -3.62. The number of hydrogen-bond acceptors (Lipinski definition) is 6. The molecule has 36 heavy (non-hydrogen) atoms. The Morgan fingerprint density at radius 1 is 0.972 bits per heavy atom. The van der Waals surface area contributed by atoms with E-state index in [2.05, 4.69) is 15.1 Å². The van der Waals surface area contributed by atoms with Crippen LogP contribution < -0.4 is 4.90 Å². The highest BCUT2D eigenvalue weighted by Gasteiger charge is 2.31. The van der Waals surface area contributed by atoms with E-state index in [0.29, 0.717) is 30.3 Å². The lowest BCUT2D eigenvalue weighted by Crippen LogP contribution is -2.49. The molecule has 0 bridgehead atoms. The van der Waals surface area contributed by atoms with Crippen LogP contribution in [0.3, 0.4) is 0 Å². The normalized spacial score (nSPS) is 15.5. The summed E-state index contributed by atoms with van der Waals surface area (Å²) in [5.74, 6) is 0.581. The maximum absolute atomic E-state index is 13.2. The molecule has 12 heteroatoms. The fraction of sp³-hybridized carbons (Fsp3) is 0.292. The number of rotatable bonds is 5. The van der Waals surface area contributed by atoms with Gasteiger partial charge in [-0.1, -0.05) is 31.2 Å². The van der Waals surface area contributed by atoms with E-state index in [-0.39, 0.29) is 23.8 Å². The quantitative estimate of drug-likeness (QED) is 0.400. The molecule has 8 nitrogen and oxygen atoms in total. The number of piperazine rings is 1. The highest BCUT2D eigenvalue weighted by Crippen LogP contribution is 2.32. The number of sulfonamides is 1. The summed E-state index contributed by atoms with van der Waals surface area (Å²) in [6.45, 7) is 3.24. The Labute approximate surface area is 206 Å². The van der Waals surface area contributed by atoms with Gasteiger partial charge in [0.15, 0.2) is 0 Å². The molecule has 188 valence electrons. The van der Waals surface area contributed by atoms with Crippen molar-refractivity contribution in [3.05, 3.63) is 71.9 Å². The zero-order valence-electron chi connectivity index (χ0n) is 19.4. The Hall–Kier alpha value is -3.51. The molecule has 0 N–H and O–H groups in total. The zero-order chi connectivity index (χ0) is 25.5. The van der Waals surface area contributed by atoms with Crippen LogP contribution >= 0.6 is 0 Å². The monoisotopic (exact) mass is 516 g/mol. The van der Waals surface area contributed by atoms with E-state index >= 15 is 0 Å². The number of aryl methyl sites for hydroxylation is 1. The number of alkyl halides is 3. The number of aromatic nitrogens is 4. The van der Waals surface area contributed by atoms with Crippen LogP contribution in [0.1, 0.15) is 18.1 Å². The highest BCUT2D eigenvalue weighted by atomic mass is 32.2. The molecule has 4 aromatic rings.